The third-order valence-electron chi connectivity index (χ3n) is 3.28. The molecule has 0 aliphatic rings. The van der Waals surface area contributed by atoms with Crippen LogP contribution in [0.25, 0.3) is 0 Å². The van der Waals surface area contributed by atoms with Crippen LogP contribution in [0.4, 0.5) is 4.79 Å². The van der Waals surface area contributed by atoms with Gasteiger partial charge in [-0.3, -0.25) is 4.79 Å². The van der Waals surface area contributed by atoms with Crippen LogP contribution in [0.15, 0.2) is 29.2 Å². The largest absolute Gasteiger partial charge is 0.352 e. The van der Waals surface area contributed by atoms with Crippen molar-refractivity contribution < 1.29 is 18.0 Å². The standard InChI is InChI=1S/C16H26N4O4S/c1-4-6-14(19-16(17)22)15(21)18-10-12-7-5-8-13(9-12)25(23,24)20-11(2)3/h5,7-9,11,14,20H,4,6,10H2,1-3H3,(H,18,21)(H3,17,19,22). The number of nitrogens with one attached hydrogen (secondary N) is 3. The zero-order valence-electron chi connectivity index (χ0n) is 14.7. The average molecular weight is 370 g/mol. The lowest BCUT2D eigenvalue weighted by molar-refractivity contribution is -0.123. The van der Waals surface area contributed by atoms with Gasteiger partial charge in [-0.1, -0.05) is 25.5 Å². The normalized spacial score (nSPS) is 12.6. The van der Waals surface area contributed by atoms with E-state index in [-0.39, 0.29) is 23.4 Å². The van der Waals surface area contributed by atoms with E-state index in [9.17, 15) is 18.0 Å². The van der Waals surface area contributed by atoms with Crippen LogP contribution in [-0.2, 0) is 21.4 Å². The topological polar surface area (TPSA) is 130 Å². The van der Waals surface area contributed by atoms with Crippen molar-refractivity contribution in [1.82, 2.24) is 15.4 Å². The summed E-state index contributed by atoms with van der Waals surface area (Å²) in [6.07, 6.45) is 1.16. The van der Waals surface area contributed by atoms with Crippen LogP contribution in [0.3, 0.4) is 0 Å². The fourth-order valence-corrected chi connectivity index (χ4v) is 3.56. The fourth-order valence-electron chi connectivity index (χ4n) is 2.24. The number of carbonyl (C=O) groups excluding carboxylic acids is 2. The van der Waals surface area contributed by atoms with E-state index in [1.165, 1.54) is 12.1 Å². The number of rotatable bonds is 9. The molecule has 0 aliphatic carbocycles. The van der Waals surface area contributed by atoms with E-state index in [1.807, 2.05) is 6.92 Å². The monoisotopic (exact) mass is 370 g/mol. The van der Waals surface area contributed by atoms with Gasteiger partial charge in [0.2, 0.25) is 15.9 Å². The van der Waals surface area contributed by atoms with Crippen molar-refractivity contribution in [3.05, 3.63) is 29.8 Å². The highest BCUT2D eigenvalue weighted by Gasteiger charge is 2.19. The molecule has 0 heterocycles. The summed E-state index contributed by atoms with van der Waals surface area (Å²) >= 11 is 0. The molecule has 1 rings (SSSR count). The summed E-state index contributed by atoms with van der Waals surface area (Å²) in [4.78, 5) is 23.3. The predicted molar refractivity (Wildman–Crippen MR) is 95.2 cm³/mol. The van der Waals surface area contributed by atoms with Gasteiger partial charge in [0.25, 0.3) is 0 Å². The van der Waals surface area contributed by atoms with E-state index in [0.29, 0.717) is 18.4 Å². The molecule has 0 fully saturated rings. The Labute approximate surface area is 148 Å². The van der Waals surface area contributed by atoms with Crippen LogP contribution < -0.4 is 21.1 Å². The van der Waals surface area contributed by atoms with Crippen LogP contribution in [0.5, 0.6) is 0 Å². The first-order valence-electron chi connectivity index (χ1n) is 8.10. The van der Waals surface area contributed by atoms with Crippen molar-refractivity contribution in [2.75, 3.05) is 0 Å². The van der Waals surface area contributed by atoms with Crippen LogP contribution >= 0.6 is 0 Å². The Balaban J connectivity index is 2.79. The summed E-state index contributed by atoms with van der Waals surface area (Å²) in [6.45, 7) is 5.51. The van der Waals surface area contributed by atoms with Gasteiger partial charge in [0.05, 0.1) is 4.90 Å². The van der Waals surface area contributed by atoms with Crippen LogP contribution in [-0.4, -0.2) is 32.4 Å². The highest BCUT2D eigenvalue weighted by molar-refractivity contribution is 7.89. The molecule has 8 nitrogen and oxygen atoms in total. The van der Waals surface area contributed by atoms with Gasteiger partial charge in [0.1, 0.15) is 6.04 Å². The van der Waals surface area contributed by atoms with Crippen molar-refractivity contribution in [2.45, 2.75) is 57.1 Å². The number of sulfonamides is 1. The summed E-state index contributed by atoms with van der Waals surface area (Å²) < 4.78 is 26.9. The van der Waals surface area contributed by atoms with E-state index in [0.717, 1.165) is 0 Å². The highest BCUT2D eigenvalue weighted by atomic mass is 32.2. The summed E-state index contributed by atoms with van der Waals surface area (Å²) in [7, 11) is -3.60. The SMILES string of the molecule is CCCC(NC(N)=O)C(=O)NCc1cccc(S(=O)(=O)NC(C)C)c1. The van der Waals surface area contributed by atoms with Crippen LogP contribution in [0.1, 0.15) is 39.2 Å². The molecule has 3 amide bonds. The van der Waals surface area contributed by atoms with Crippen molar-refractivity contribution in [3.63, 3.8) is 0 Å². The molecule has 1 aromatic carbocycles. The van der Waals surface area contributed by atoms with Crippen LogP contribution in [0.2, 0.25) is 0 Å². The van der Waals surface area contributed by atoms with E-state index < -0.39 is 22.1 Å². The Hall–Kier alpha value is -2.13. The van der Waals surface area contributed by atoms with Gasteiger partial charge < -0.3 is 16.4 Å². The molecule has 0 bridgehead atoms. The molecular weight excluding hydrogens is 344 g/mol. The maximum absolute atomic E-state index is 12.2. The Morgan fingerprint density at radius 1 is 1.24 bits per heavy atom. The minimum Gasteiger partial charge on any atom is -0.352 e. The first-order valence-corrected chi connectivity index (χ1v) is 9.59. The lowest BCUT2D eigenvalue weighted by Crippen LogP contribution is -2.48. The van der Waals surface area contributed by atoms with Gasteiger partial charge in [0.15, 0.2) is 0 Å². The third kappa shape index (κ3) is 7.10. The molecule has 0 aliphatic heterocycles. The number of hydrogen-bond donors (Lipinski definition) is 4. The van der Waals surface area contributed by atoms with Crippen molar-refractivity contribution in [3.8, 4) is 0 Å². The van der Waals surface area contributed by atoms with Gasteiger partial charge in [-0.25, -0.2) is 17.9 Å². The minimum absolute atomic E-state index is 0.133. The molecule has 0 saturated heterocycles. The molecule has 1 aromatic rings. The maximum atomic E-state index is 12.2. The Kier molecular flexibility index (Phi) is 7.85. The van der Waals surface area contributed by atoms with Crippen molar-refractivity contribution in [2.24, 2.45) is 5.73 Å². The quantitative estimate of drug-likeness (QED) is 0.513. The summed E-state index contributed by atoms with van der Waals surface area (Å²) in [6, 6.07) is 4.62. The van der Waals surface area contributed by atoms with Gasteiger partial charge in [0, 0.05) is 12.6 Å². The van der Waals surface area contributed by atoms with Gasteiger partial charge >= 0.3 is 6.03 Å². The summed E-state index contributed by atoms with van der Waals surface area (Å²) in [5.41, 5.74) is 5.71. The number of carbonyl (C=O) groups is 2. The minimum atomic E-state index is -3.60. The van der Waals surface area contributed by atoms with Crippen molar-refractivity contribution >= 4 is 22.0 Å². The molecule has 1 unspecified atom stereocenters. The fraction of sp³-hybridized carbons (Fsp3) is 0.500. The second kappa shape index (κ2) is 9.38. The molecule has 0 radical (unpaired) electrons. The summed E-state index contributed by atoms with van der Waals surface area (Å²) in [5, 5.41) is 5.08. The smallest absolute Gasteiger partial charge is 0.312 e. The Bertz CT molecular complexity index is 704. The number of hydrogen-bond acceptors (Lipinski definition) is 4. The second-order valence-corrected chi connectivity index (χ2v) is 7.71. The molecule has 9 heteroatoms. The molecule has 0 spiro atoms. The van der Waals surface area contributed by atoms with E-state index in [1.54, 1.807) is 26.0 Å². The number of primary amides is 1. The second-order valence-electron chi connectivity index (χ2n) is 5.99. The molecule has 0 saturated carbocycles. The molecular formula is C16H26N4O4S. The highest BCUT2D eigenvalue weighted by Crippen LogP contribution is 2.12. The molecule has 25 heavy (non-hydrogen) atoms. The van der Waals surface area contributed by atoms with Crippen molar-refractivity contribution in [1.29, 1.82) is 0 Å². The zero-order chi connectivity index (χ0) is 19.0. The van der Waals surface area contributed by atoms with E-state index >= 15 is 0 Å². The molecule has 1 atom stereocenters. The molecule has 140 valence electrons. The van der Waals surface area contributed by atoms with Crippen LogP contribution in [0, 0.1) is 0 Å². The lowest BCUT2D eigenvalue weighted by atomic mass is 10.1. The number of urea groups is 1. The number of benzene rings is 1. The Morgan fingerprint density at radius 3 is 2.48 bits per heavy atom. The molecule has 0 aromatic heterocycles. The maximum Gasteiger partial charge on any atom is 0.312 e. The number of nitrogens with two attached hydrogens (primary N) is 1. The van der Waals surface area contributed by atoms with E-state index in [2.05, 4.69) is 15.4 Å². The van der Waals surface area contributed by atoms with Gasteiger partial charge in [-0.15, -0.1) is 0 Å². The van der Waals surface area contributed by atoms with Gasteiger partial charge in [-0.2, -0.15) is 0 Å². The van der Waals surface area contributed by atoms with E-state index in [4.69, 9.17) is 5.73 Å². The zero-order valence-corrected chi connectivity index (χ0v) is 15.5. The van der Waals surface area contributed by atoms with Gasteiger partial charge in [-0.05, 0) is 38.0 Å². The lowest BCUT2D eigenvalue weighted by Gasteiger charge is -2.17. The first kappa shape index (κ1) is 20.9. The predicted octanol–water partition coefficient (Wildman–Crippen LogP) is 0.827. The summed E-state index contributed by atoms with van der Waals surface area (Å²) in [5.74, 6) is -0.366. The molecule has 5 N–H and O–H groups in total. The first-order chi connectivity index (χ1) is 11.7. The third-order valence-corrected chi connectivity index (χ3v) is 4.93. The average Bonchev–Trinajstić information content (AvgIpc) is 2.51. The Morgan fingerprint density at radius 2 is 1.92 bits per heavy atom. The number of amides is 3.